The zero-order chi connectivity index (χ0) is 11.4. The van der Waals surface area contributed by atoms with Crippen molar-refractivity contribution >= 4 is 5.69 Å². The second kappa shape index (κ2) is 5.21. The number of hydrogen-bond donors (Lipinski definition) is 1. The lowest BCUT2D eigenvalue weighted by atomic mass is 10.2. The highest BCUT2D eigenvalue weighted by Gasteiger charge is 2.15. The predicted molar refractivity (Wildman–Crippen MR) is 64.7 cm³/mol. The van der Waals surface area contributed by atoms with Gasteiger partial charge in [0.1, 0.15) is 5.75 Å². The maximum Gasteiger partial charge on any atom is 0.142 e. The molecule has 0 bridgehead atoms. The van der Waals surface area contributed by atoms with Crippen molar-refractivity contribution in [3.63, 3.8) is 0 Å². The van der Waals surface area contributed by atoms with Crippen molar-refractivity contribution in [3.8, 4) is 5.75 Å². The zero-order valence-corrected chi connectivity index (χ0v) is 9.74. The van der Waals surface area contributed by atoms with Crippen LogP contribution < -0.4 is 10.5 Å². The molecule has 0 spiro atoms. The van der Waals surface area contributed by atoms with Gasteiger partial charge >= 0.3 is 0 Å². The Hall–Kier alpha value is -1.22. The summed E-state index contributed by atoms with van der Waals surface area (Å²) in [5.74, 6) is 0.781. The maximum absolute atomic E-state index is 5.86. The lowest BCUT2D eigenvalue weighted by molar-refractivity contribution is 0.0904. The molecule has 3 nitrogen and oxygen atoms in total. The maximum atomic E-state index is 5.86. The van der Waals surface area contributed by atoms with E-state index >= 15 is 0 Å². The van der Waals surface area contributed by atoms with Gasteiger partial charge in [-0.05, 0) is 37.5 Å². The van der Waals surface area contributed by atoms with Gasteiger partial charge in [-0.15, -0.1) is 0 Å². The Balaban J connectivity index is 1.80. The van der Waals surface area contributed by atoms with Crippen molar-refractivity contribution < 1.29 is 9.47 Å². The SMILES string of the molecule is Cc1ccc(OCCC2CCCO2)c(N)c1. The monoisotopic (exact) mass is 221 g/mol. The van der Waals surface area contributed by atoms with Crippen LogP contribution in [-0.2, 0) is 4.74 Å². The molecule has 3 heteroatoms. The highest BCUT2D eigenvalue weighted by Crippen LogP contribution is 2.23. The molecule has 88 valence electrons. The minimum absolute atomic E-state index is 0.381. The second-order valence-electron chi connectivity index (χ2n) is 4.31. The van der Waals surface area contributed by atoms with Crippen LogP contribution in [0.1, 0.15) is 24.8 Å². The molecule has 1 aromatic rings. The number of nitrogens with two attached hydrogens (primary N) is 1. The summed E-state index contributed by atoms with van der Waals surface area (Å²) < 4.78 is 11.2. The van der Waals surface area contributed by atoms with Crippen molar-refractivity contribution in [2.24, 2.45) is 0 Å². The molecule has 1 unspecified atom stereocenters. The standard InChI is InChI=1S/C13H19NO2/c1-10-4-5-13(12(14)9-10)16-8-6-11-3-2-7-15-11/h4-5,9,11H,2-3,6-8,14H2,1H3. The van der Waals surface area contributed by atoms with E-state index in [0.717, 1.165) is 30.8 Å². The molecule has 16 heavy (non-hydrogen) atoms. The molecule has 1 aromatic carbocycles. The van der Waals surface area contributed by atoms with Crippen molar-refractivity contribution in [3.05, 3.63) is 23.8 Å². The Bertz CT molecular complexity index is 346. The first-order valence-corrected chi connectivity index (χ1v) is 5.86. The first kappa shape index (κ1) is 11.3. The van der Waals surface area contributed by atoms with Crippen molar-refractivity contribution in [2.75, 3.05) is 18.9 Å². The predicted octanol–water partition coefficient (Wildman–Crippen LogP) is 2.53. The molecule has 1 saturated heterocycles. The highest BCUT2D eigenvalue weighted by atomic mass is 16.5. The molecule has 1 fully saturated rings. The molecule has 2 N–H and O–H groups in total. The van der Waals surface area contributed by atoms with Gasteiger partial charge in [-0.25, -0.2) is 0 Å². The Morgan fingerprint density at radius 1 is 1.50 bits per heavy atom. The van der Waals surface area contributed by atoms with Crippen LogP contribution in [0.3, 0.4) is 0 Å². The molecule has 0 aromatic heterocycles. The fourth-order valence-electron chi connectivity index (χ4n) is 1.97. The molecule has 2 rings (SSSR count). The molecule has 1 aliphatic heterocycles. The van der Waals surface area contributed by atoms with Crippen LogP contribution in [0, 0.1) is 6.92 Å². The van der Waals surface area contributed by atoms with Gasteiger partial charge in [0.2, 0.25) is 0 Å². The van der Waals surface area contributed by atoms with Crippen LogP contribution in [-0.4, -0.2) is 19.3 Å². The van der Waals surface area contributed by atoms with Gasteiger partial charge in [0, 0.05) is 13.0 Å². The molecule has 0 amide bonds. The normalized spacial score (nSPS) is 19.9. The molecule has 1 atom stereocenters. The fraction of sp³-hybridized carbons (Fsp3) is 0.538. The summed E-state index contributed by atoms with van der Waals surface area (Å²) in [4.78, 5) is 0. The first-order valence-electron chi connectivity index (χ1n) is 5.86. The summed E-state index contributed by atoms with van der Waals surface area (Å²) in [6, 6.07) is 5.87. The average Bonchev–Trinajstić information content (AvgIpc) is 2.74. The quantitative estimate of drug-likeness (QED) is 0.794. The molecule has 0 saturated carbocycles. The molecule has 0 radical (unpaired) electrons. The number of ether oxygens (including phenoxy) is 2. The van der Waals surface area contributed by atoms with Gasteiger partial charge < -0.3 is 15.2 Å². The van der Waals surface area contributed by atoms with E-state index in [2.05, 4.69) is 0 Å². The summed E-state index contributed by atoms with van der Waals surface area (Å²) in [6.07, 6.45) is 3.67. The van der Waals surface area contributed by atoms with Crippen molar-refractivity contribution in [1.29, 1.82) is 0 Å². The summed E-state index contributed by atoms with van der Waals surface area (Å²) in [7, 11) is 0. The lowest BCUT2D eigenvalue weighted by Gasteiger charge is -2.12. The number of aryl methyl sites for hydroxylation is 1. The molecule has 1 heterocycles. The van der Waals surface area contributed by atoms with Gasteiger partial charge in [0.15, 0.2) is 0 Å². The molecule has 1 aliphatic rings. The van der Waals surface area contributed by atoms with Gasteiger partial charge in [-0.3, -0.25) is 0 Å². The summed E-state index contributed by atoms with van der Waals surface area (Å²) in [5.41, 5.74) is 7.73. The topological polar surface area (TPSA) is 44.5 Å². The van der Waals surface area contributed by atoms with E-state index < -0.39 is 0 Å². The summed E-state index contributed by atoms with van der Waals surface area (Å²) >= 11 is 0. The number of benzene rings is 1. The van der Waals surface area contributed by atoms with Crippen LogP contribution in [0.25, 0.3) is 0 Å². The number of anilines is 1. The fourth-order valence-corrected chi connectivity index (χ4v) is 1.97. The van der Waals surface area contributed by atoms with Crippen LogP contribution in [0.2, 0.25) is 0 Å². The van der Waals surface area contributed by atoms with E-state index in [1.807, 2.05) is 25.1 Å². The van der Waals surface area contributed by atoms with Crippen LogP contribution >= 0.6 is 0 Å². The van der Waals surface area contributed by atoms with Crippen LogP contribution in [0.4, 0.5) is 5.69 Å². The molecular weight excluding hydrogens is 202 g/mol. The minimum atomic E-state index is 0.381. The van der Waals surface area contributed by atoms with Gasteiger partial charge in [-0.2, -0.15) is 0 Å². The lowest BCUT2D eigenvalue weighted by Crippen LogP contribution is -2.11. The van der Waals surface area contributed by atoms with Gasteiger partial charge in [0.25, 0.3) is 0 Å². The number of nitrogen functional groups attached to an aromatic ring is 1. The third-order valence-electron chi connectivity index (χ3n) is 2.89. The van der Waals surface area contributed by atoms with E-state index in [0.29, 0.717) is 18.4 Å². The molecular formula is C13H19NO2. The Morgan fingerprint density at radius 2 is 2.38 bits per heavy atom. The highest BCUT2D eigenvalue weighted by molar-refractivity contribution is 5.53. The smallest absolute Gasteiger partial charge is 0.142 e. The van der Waals surface area contributed by atoms with Gasteiger partial charge in [-0.1, -0.05) is 6.07 Å². The summed E-state index contributed by atoms with van der Waals surface area (Å²) in [5, 5.41) is 0. The Labute approximate surface area is 96.5 Å². The average molecular weight is 221 g/mol. The van der Waals surface area contributed by atoms with E-state index in [1.165, 1.54) is 6.42 Å². The van der Waals surface area contributed by atoms with Crippen LogP contribution in [0.15, 0.2) is 18.2 Å². The van der Waals surface area contributed by atoms with E-state index in [9.17, 15) is 0 Å². The number of rotatable bonds is 4. The van der Waals surface area contributed by atoms with Crippen LogP contribution in [0.5, 0.6) is 5.75 Å². The third kappa shape index (κ3) is 2.89. The molecule has 0 aliphatic carbocycles. The zero-order valence-electron chi connectivity index (χ0n) is 9.74. The largest absolute Gasteiger partial charge is 0.491 e. The Morgan fingerprint density at radius 3 is 3.06 bits per heavy atom. The first-order chi connectivity index (χ1) is 7.75. The van der Waals surface area contributed by atoms with Crippen molar-refractivity contribution in [2.45, 2.75) is 32.3 Å². The van der Waals surface area contributed by atoms with E-state index in [1.54, 1.807) is 0 Å². The summed E-state index contributed by atoms with van der Waals surface area (Å²) in [6.45, 7) is 3.60. The van der Waals surface area contributed by atoms with Crippen molar-refractivity contribution in [1.82, 2.24) is 0 Å². The van der Waals surface area contributed by atoms with E-state index in [4.69, 9.17) is 15.2 Å². The van der Waals surface area contributed by atoms with Gasteiger partial charge in [0.05, 0.1) is 18.4 Å². The second-order valence-corrected chi connectivity index (χ2v) is 4.31. The number of hydrogen-bond acceptors (Lipinski definition) is 3. The Kier molecular flexibility index (Phi) is 3.67. The minimum Gasteiger partial charge on any atom is -0.491 e. The van der Waals surface area contributed by atoms with E-state index in [-0.39, 0.29) is 0 Å². The third-order valence-corrected chi connectivity index (χ3v) is 2.89.